The van der Waals surface area contributed by atoms with Gasteiger partial charge in [0.25, 0.3) is 0 Å². The summed E-state index contributed by atoms with van der Waals surface area (Å²) in [6, 6.07) is 8.04. The van der Waals surface area contributed by atoms with Gasteiger partial charge >= 0.3 is 0 Å². The highest BCUT2D eigenvalue weighted by atomic mass is 79.9. The van der Waals surface area contributed by atoms with Gasteiger partial charge in [0, 0.05) is 34.1 Å². The van der Waals surface area contributed by atoms with E-state index in [0.717, 1.165) is 9.37 Å². The zero-order valence-corrected chi connectivity index (χ0v) is 15.7. The minimum atomic E-state index is -0.108. The smallest absolute Gasteiger partial charge is 0.239 e. The lowest BCUT2D eigenvalue weighted by molar-refractivity contribution is -0.135. The maximum Gasteiger partial charge on any atom is 0.239 e. The van der Waals surface area contributed by atoms with Gasteiger partial charge in [0.15, 0.2) is 0 Å². The molecule has 2 amide bonds. The number of rotatable bonds is 8. The number of likely N-dealkylation sites (N-methyl/N-ethyl adjacent to an activating group) is 1. The maximum atomic E-state index is 12.2. The SMILES string of the molecule is CCN(CC(=O)NC(C)C)C(=O)CCSc1ccccc1Br. The largest absolute Gasteiger partial charge is 0.352 e. The van der Waals surface area contributed by atoms with Gasteiger partial charge in [-0.3, -0.25) is 9.59 Å². The fraction of sp³-hybridized carbons (Fsp3) is 0.500. The Balaban J connectivity index is 2.42. The van der Waals surface area contributed by atoms with Gasteiger partial charge in [-0.05, 0) is 48.8 Å². The molecule has 1 rings (SSSR count). The third-order valence-electron chi connectivity index (χ3n) is 2.93. The predicted octanol–water partition coefficient (Wildman–Crippen LogP) is 3.30. The number of nitrogens with one attached hydrogen (secondary N) is 1. The van der Waals surface area contributed by atoms with Crippen LogP contribution in [0.15, 0.2) is 33.6 Å². The van der Waals surface area contributed by atoms with Crippen molar-refractivity contribution >= 4 is 39.5 Å². The molecule has 0 aliphatic heterocycles. The molecule has 0 saturated heterocycles. The minimum Gasteiger partial charge on any atom is -0.352 e. The van der Waals surface area contributed by atoms with Crippen LogP contribution in [-0.2, 0) is 9.59 Å². The van der Waals surface area contributed by atoms with E-state index in [1.165, 1.54) is 0 Å². The molecule has 0 atom stereocenters. The molecule has 0 unspecified atom stereocenters. The number of nitrogens with zero attached hydrogens (tertiary/aromatic N) is 1. The third kappa shape index (κ3) is 6.83. The zero-order valence-electron chi connectivity index (χ0n) is 13.3. The Morgan fingerprint density at radius 3 is 2.59 bits per heavy atom. The summed E-state index contributed by atoms with van der Waals surface area (Å²) in [6.07, 6.45) is 0.425. The van der Waals surface area contributed by atoms with Crippen LogP contribution in [0.5, 0.6) is 0 Å². The fourth-order valence-electron chi connectivity index (χ4n) is 1.89. The van der Waals surface area contributed by atoms with Gasteiger partial charge in [0.2, 0.25) is 11.8 Å². The van der Waals surface area contributed by atoms with Crippen LogP contribution in [0.4, 0.5) is 0 Å². The molecule has 1 aromatic rings. The van der Waals surface area contributed by atoms with Crippen LogP contribution in [0.1, 0.15) is 27.2 Å². The first kappa shape index (κ1) is 19.0. The Hall–Kier alpha value is -1.01. The van der Waals surface area contributed by atoms with E-state index >= 15 is 0 Å². The molecule has 0 aliphatic carbocycles. The molecule has 0 spiro atoms. The van der Waals surface area contributed by atoms with Gasteiger partial charge in [-0.2, -0.15) is 0 Å². The van der Waals surface area contributed by atoms with Crippen LogP contribution < -0.4 is 5.32 Å². The fourth-order valence-corrected chi connectivity index (χ4v) is 3.39. The molecule has 1 aromatic carbocycles. The molecule has 122 valence electrons. The summed E-state index contributed by atoms with van der Waals surface area (Å²) in [5, 5.41) is 2.81. The van der Waals surface area contributed by atoms with Crippen molar-refractivity contribution in [3.63, 3.8) is 0 Å². The predicted molar refractivity (Wildman–Crippen MR) is 95.0 cm³/mol. The van der Waals surface area contributed by atoms with Crippen molar-refractivity contribution in [1.29, 1.82) is 0 Å². The van der Waals surface area contributed by atoms with Gasteiger partial charge in [-0.15, -0.1) is 11.8 Å². The van der Waals surface area contributed by atoms with Crippen molar-refractivity contribution < 1.29 is 9.59 Å². The summed E-state index contributed by atoms with van der Waals surface area (Å²) in [5.41, 5.74) is 0. The van der Waals surface area contributed by atoms with Crippen molar-refractivity contribution in [2.75, 3.05) is 18.8 Å². The number of thioether (sulfide) groups is 1. The van der Waals surface area contributed by atoms with E-state index in [-0.39, 0.29) is 24.4 Å². The van der Waals surface area contributed by atoms with Crippen molar-refractivity contribution in [1.82, 2.24) is 10.2 Å². The third-order valence-corrected chi connectivity index (χ3v) is 4.96. The van der Waals surface area contributed by atoms with E-state index in [1.54, 1.807) is 16.7 Å². The van der Waals surface area contributed by atoms with Crippen LogP contribution >= 0.6 is 27.7 Å². The Bertz CT molecular complexity index is 509. The lowest BCUT2D eigenvalue weighted by Crippen LogP contribution is -2.42. The molecule has 0 aliphatic rings. The topological polar surface area (TPSA) is 49.4 Å². The molecule has 22 heavy (non-hydrogen) atoms. The van der Waals surface area contributed by atoms with E-state index in [2.05, 4.69) is 21.2 Å². The average molecular weight is 387 g/mol. The molecule has 6 heteroatoms. The second kappa shape index (κ2) is 9.90. The highest BCUT2D eigenvalue weighted by Gasteiger charge is 2.15. The van der Waals surface area contributed by atoms with Gasteiger partial charge in [0.05, 0.1) is 6.54 Å². The van der Waals surface area contributed by atoms with Gasteiger partial charge in [-0.1, -0.05) is 12.1 Å². The Labute approximate surface area is 145 Å². The van der Waals surface area contributed by atoms with Crippen LogP contribution in [0.2, 0.25) is 0 Å². The molecule has 0 bridgehead atoms. The Kier molecular flexibility index (Phi) is 8.56. The van der Waals surface area contributed by atoms with Gasteiger partial charge in [0.1, 0.15) is 0 Å². The second-order valence-electron chi connectivity index (χ2n) is 5.16. The van der Waals surface area contributed by atoms with E-state index in [4.69, 9.17) is 0 Å². The summed E-state index contributed by atoms with van der Waals surface area (Å²) in [4.78, 5) is 26.7. The molecule has 0 fully saturated rings. The number of benzene rings is 1. The highest BCUT2D eigenvalue weighted by molar-refractivity contribution is 9.10. The van der Waals surface area contributed by atoms with E-state index < -0.39 is 0 Å². The number of hydrogen-bond donors (Lipinski definition) is 1. The summed E-state index contributed by atoms with van der Waals surface area (Å²) in [6.45, 7) is 6.38. The molecule has 0 saturated carbocycles. The summed E-state index contributed by atoms with van der Waals surface area (Å²) in [7, 11) is 0. The number of amides is 2. The number of carbonyl (C=O) groups is 2. The Morgan fingerprint density at radius 1 is 1.32 bits per heavy atom. The monoisotopic (exact) mass is 386 g/mol. The number of carbonyl (C=O) groups excluding carboxylic acids is 2. The van der Waals surface area contributed by atoms with Gasteiger partial charge in [-0.25, -0.2) is 0 Å². The molecule has 4 nitrogen and oxygen atoms in total. The van der Waals surface area contributed by atoms with E-state index in [1.807, 2.05) is 45.0 Å². The molecule has 1 N–H and O–H groups in total. The van der Waals surface area contributed by atoms with E-state index in [0.29, 0.717) is 18.7 Å². The first-order valence-electron chi connectivity index (χ1n) is 7.38. The van der Waals surface area contributed by atoms with E-state index in [9.17, 15) is 9.59 Å². The van der Waals surface area contributed by atoms with Crippen molar-refractivity contribution in [3.05, 3.63) is 28.7 Å². The van der Waals surface area contributed by atoms with Crippen LogP contribution in [0.3, 0.4) is 0 Å². The second-order valence-corrected chi connectivity index (χ2v) is 7.15. The summed E-state index contributed by atoms with van der Waals surface area (Å²) < 4.78 is 1.04. The highest BCUT2D eigenvalue weighted by Crippen LogP contribution is 2.27. The number of hydrogen-bond acceptors (Lipinski definition) is 3. The number of halogens is 1. The lowest BCUT2D eigenvalue weighted by atomic mass is 10.3. The summed E-state index contributed by atoms with van der Waals surface area (Å²) >= 11 is 5.13. The van der Waals surface area contributed by atoms with Crippen LogP contribution in [0, 0.1) is 0 Å². The molecule has 0 radical (unpaired) electrons. The first-order chi connectivity index (χ1) is 10.4. The Morgan fingerprint density at radius 2 is 2.00 bits per heavy atom. The molecular weight excluding hydrogens is 364 g/mol. The standard InChI is InChI=1S/C16H23BrN2O2S/c1-4-19(11-15(20)18-12(2)3)16(21)9-10-22-14-8-6-5-7-13(14)17/h5-8,12H,4,9-11H2,1-3H3,(H,18,20). The van der Waals surface area contributed by atoms with Crippen LogP contribution in [-0.4, -0.2) is 41.6 Å². The van der Waals surface area contributed by atoms with Gasteiger partial charge < -0.3 is 10.2 Å². The average Bonchev–Trinajstić information content (AvgIpc) is 2.45. The molecule has 0 heterocycles. The molecule has 0 aromatic heterocycles. The zero-order chi connectivity index (χ0) is 16.5. The minimum absolute atomic E-state index is 0.0148. The van der Waals surface area contributed by atoms with Crippen molar-refractivity contribution in [3.8, 4) is 0 Å². The first-order valence-corrected chi connectivity index (χ1v) is 9.16. The van der Waals surface area contributed by atoms with Crippen molar-refractivity contribution in [2.24, 2.45) is 0 Å². The summed E-state index contributed by atoms with van der Waals surface area (Å²) in [5.74, 6) is 0.605. The maximum absolute atomic E-state index is 12.2. The lowest BCUT2D eigenvalue weighted by Gasteiger charge is -2.21. The van der Waals surface area contributed by atoms with Crippen LogP contribution in [0.25, 0.3) is 0 Å². The normalized spacial score (nSPS) is 10.6. The molecular formula is C16H23BrN2O2S. The van der Waals surface area contributed by atoms with Crippen molar-refractivity contribution in [2.45, 2.75) is 38.1 Å². The quantitative estimate of drug-likeness (QED) is 0.697.